The third-order valence-electron chi connectivity index (χ3n) is 6.24. The molecule has 0 unspecified atom stereocenters. The van der Waals surface area contributed by atoms with E-state index < -0.39 is 0 Å². The molecule has 3 aromatic heterocycles. The van der Waals surface area contributed by atoms with Crippen molar-refractivity contribution in [2.75, 3.05) is 13.2 Å². The summed E-state index contributed by atoms with van der Waals surface area (Å²) in [6.07, 6.45) is 4.27. The predicted molar refractivity (Wildman–Crippen MR) is 143 cm³/mol. The molecule has 10 heteroatoms. The van der Waals surface area contributed by atoms with Gasteiger partial charge in [0.1, 0.15) is 24.8 Å². The van der Waals surface area contributed by atoms with Crippen LogP contribution in [0.25, 0.3) is 45.1 Å². The minimum atomic E-state index is 0. The summed E-state index contributed by atoms with van der Waals surface area (Å²) in [5.41, 5.74) is 5.49. The van der Waals surface area contributed by atoms with E-state index in [9.17, 15) is 0 Å². The molecule has 0 aliphatic carbocycles. The molecule has 0 spiro atoms. The maximum absolute atomic E-state index is 5.99. The van der Waals surface area contributed by atoms with Crippen LogP contribution >= 0.6 is 0 Å². The predicted octanol–water partition coefficient (Wildman–Crippen LogP) is 0.669. The number of halogens is 2. The molecular weight excluding hydrogens is 580 g/mol. The summed E-state index contributed by atoms with van der Waals surface area (Å²) in [6, 6.07) is 22.3. The number of aromatic nitrogens is 5. The van der Waals surface area contributed by atoms with Crippen LogP contribution in [0.2, 0.25) is 0 Å². The number of para-hydroxylation sites is 4. The number of unbranched alkanes of at least 4 members (excludes halogenated alkanes) is 2. The zero-order chi connectivity index (χ0) is 24.7. The van der Waals surface area contributed by atoms with Crippen LogP contribution in [-0.4, -0.2) is 37.3 Å². The Balaban J connectivity index is 0.00000178. The molecule has 7 nitrogen and oxygen atoms in total. The van der Waals surface area contributed by atoms with E-state index in [0.29, 0.717) is 13.5 Å². The van der Waals surface area contributed by atoms with Crippen molar-refractivity contribution in [2.45, 2.75) is 53.0 Å². The fraction of sp³-hybridized carbons (Fsp3) is 0.345. The molecule has 5 rings (SSSR count). The molecule has 2 aromatic carbocycles. The number of ether oxygens (including phenoxy) is 2. The van der Waals surface area contributed by atoms with Crippen LogP contribution in [0, 0.1) is 0 Å². The normalized spacial score (nSPS) is 10.7. The number of imidazole rings is 2. The first kappa shape index (κ1) is 32.7. The van der Waals surface area contributed by atoms with Crippen LogP contribution < -0.4 is 24.8 Å². The van der Waals surface area contributed by atoms with Crippen LogP contribution in [0.4, 0.5) is 0 Å². The molecule has 0 fully saturated rings. The Hall–Kier alpha value is -2.46. The van der Waals surface area contributed by atoms with Crippen LogP contribution in [0.3, 0.4) is 0 Å². The van der Waals surface area contributed by atoms with Gasteiger partial charge in [-0.25, -0.2) is 15.0 Å². The van der Waals surface area contributed by atoms with Crippen molar-refractivity contribution in [3.8, 4) is 23.0 Å². The van der Waals surface area contributed by atoms with Gasteiger partial charge in [-0.2, -0.15) is 0 Å². The Morgan fingerprint density at radius 2 is 1.03 bits per heavy atom. The monoisotopic (exact) mass is 612 g/mol. The Morgan fingerprint density at radius 3 is 1.46 bits per heavy atom. The molecule has 0 atom stereocenters. The fourth-order valence-electron chi connectivity index (χ4n) is 4.29. The smallest absolute Gasteiger partial charge is 1.00 e. The molecular formula is C29H33Cl2CoN5O2. The van der Waals surface area contributed by atoms with Gasteiger partial charge in [-0.15, -0.1) is 0 Å². The quantitative estimate of drug-likeness (QED) is 0.194. The minimum absolute atomic E-state index is 0. The first-order chi connectivity index (χ1) is 17.8. The number of benzene rings is 2. The summed E-state index contributed by atoms with van der Waals surface area (Å²) in [4.78, 5) is 14.9. The zero-order valence-electron chi connectivity index (χ0n) is 22.1. The average Bonchev–Trinajstić information content (AvgIpc) is 3.48. The summed E-state index contributed by atoms with van der Waals surface area (Å²) < 4.78 is 16.2. The van der Waals surface area contributed by atoms with E-state index in [1.54, 1.807) is 0 Å². The van der Waals surface area contributed by atoms with Crippen molar-refractivity contribution in [3.63, 3.8) is 0 Å². The standard InChI is InChI=1S/C29H33N5O2.2ClH.Co/c1-3-5-18-35-20-33-26-16-9-7-12-22(26)31-28(33)24-14-11-15-25(30-24)29-32-23-13-8-10-17-27(23)34(29)21-36-19-6-4-2;;;/h7-17H,3-6,18-21H2,1-2H3;2*1H;/q;;;+2/p-2. The van der Waals surface area contributed by atoms with Crippen molar-refractivity contribution in [3.05, 3.63) is 66.7 Å². The summed E-state index contributed by atoms with van der Waals surface area (Å²) in [5, 5.41) is 0. The van der Waals surface area contributed by atoms with Gasteiger partial charge in [-0.3, -0.25) is 9.13 Å². The summed E-state index contributed by atoms with van der Waals surface area (Å²) >= 11 is 0. The Kier molecular flexibility index (Phi) is 13.4. The van der Waals surface area contributed by atoms with E-state index in [0.717, 1.165) is 84.0 Å². The molecule has 3 heterocycles. The van der Waals surface area contributed by atoms with Crippen molar-refractivity contribution >= 4 is 22.1 Å². The molecule has 0 aliphatic rings. The number of hydrogen-bond acceptors (Lipinski definition) is 5. The third kappa shape index (κ3) is 7.39. The van der Waals surface area contributed by atoms with Gasteiger partial charge in [0.05, 0.1) is 22.1 Å². The van der Waals surface area contributed by atoms with E-state index >= 15 is 0 Å². The number of nitrogens with zero attached hydrogens (tertiary/aromatic N) is 5. The first-order valence-corrected chi connectivity index (χ1v) is 12.8. The number of rotatable bonds is 12. The molecule has 0 saturated heterocycles. The molecule has 0 bridgehead atoms. The molecule has 39 heavy (non-hydrogen) atoms. The van der Waals surface area contributed by atoms with Gasteiger partial charge in [0.15, 0.2) is 11.6 Å². The number of pyridine rings is 1. The number of hydrogen-bond donors (Lipinski definition) is 0. The summed E-state index contributed by atoms with van der Waals surface area (Å²) in [7, 11) is 0. The van der Waals surface area contributed by atoms with Crippen LogP contribution in [-0.2, 0) is 39.7 Å². The van der Waals surface area contributed by atoms with Crippen LogP contribution in [0.15, 0.2) is 66.7 Å². The second-order valence-corrected chi connectivity index (χ2v) is 8.89. The molecule has 0 saturated carbocycles. The fourth-order valence-corrected chi connectivity index (χ4v) is 4.29. The van der Waals surface area contributed by atoms with Crippen molar-refractivity contribution in [1.82, 2.24) is 24.1 Å². The summed E-state index contributed by atoms with van der Waals surface area (Å²) in [6.45, 7) is 6.64. The van der Waals surface area contributed by atoms with Gasteiger partial charge in [-0.1, -0.05) is 57.0 Å². The zero-order valence-corrected chi connectivity index (χ0v) is 24.7. The van der Waals surface area contributed by atoms with Crippen molar-refractivity contribution < 1.29 is 51.1 Å². The van der Waals surface area contributed by atoms with Gasteiger partial charge >= 0.3 is 16.8 Å². The van der Waals surface area contributed by atoms with E-state index in [2.05, 4.69) is 35.1 Å². The van der Waals surface area contributed by atoms with Gasteiger partial charge in [-0.05, 0) is 49.2 Å². The summed E-state index contributed by atoms with van der Waals surface area (Å²) in [5.74, 6) is 1.58. The van der Waals surface area contributed by atoms with Crippen LogP contribution in [0.1, 0.15) is 39.5 Å². The number of fused-ring (bicyclic) bond motifs is 2. The SMILES string of the molecule is CCCCOCn1c(-c2cccc(-c3nc4ccccc4n3COCCCC)n2)nc2ccccc21.[Cl-].[Cl-].[Co+2]. The maximum atomic E-state index is 5.99. The molecule has 209 valence electrons. The second kappa shape index (κ2) is 16.0. The largest absolute Gasteiger partial charge is 2.00 e. The van der Waals surface area contributed by atoms with E-state index in [-0.39, 0.29) is 41.6 Å². The molecule has 1 radical (unpaired) electrons. The molecule has 0 amide bonds. The van der Waals surface area contributed by atoms with Crippen molar-refractivity contribution in [2.24, 2.45) is 0 Å². The average molecular weight is 613 g/mol. The van der Waals surface area contributed by atoms with E-state index in [1.165, 1.54) is 0 Å². The van der Waals surface area contributed by atoms with Crippen molar-refractivity contribution in [1.29, 1.82) is 0 Å². The topological polar surface area (TPSA) is 67.0 Å². The van der Waals surface area contributed by atoms with Gasteiger partial charge < -0.3 is 34.3 Å². The van der Waals surface area contributed by atoms with Gasteiger partial charge in [0, 0.05) is 13.2 Å². The Morgan fingerprint density at radius 1 is 0.590 bits per heavy atom. The minimum Gasteiger partial charge on any atom is -1.00 e. The van der Waals surface area contributed by atoms with Gasteiger partial charge in [0.2, 0.25) is 0 Å². The molecule has 0 N–H and O–H groups in total. The maximum Gasteiger partial charge on any atom is 2.00 e. The second-order valence-electron chi connectivity index (χ2n) is 8.89. The van der Waals surface area contributed by atoms with E-state index in [4.69, 9.17) is 24.4 Å². The Labute approximate surface area is 252 Å². The van der Waals surface area contributed by atoms with E-state index in [1.807, 2.05) is 54.6 Å². The van der Waals surface area contributed by atoms with Gasteiger partial charge in [0.25, 0.3) is 0 Å². The third-order valence-corrected chi connectivity index (χ3v) is 6.24. The molecule has 5 aromatic rings. The molecule has 0 aliphatic heterocycles. The van der Waals surface area contributed by atoms with Crippen LogP contribution in [0.5, 0.6) is 0 Å². The first-order valence-electron chi connectivity index (χ1n) is 12.8. The Bertz CT molecular complexity index is 1350.